The van der Waals surface area contributed by atoms with Gasteiger partial charge in [0.15, 0.2) is 11.6 Å². The average molecular weight is 228 g/mol. The summed E-state index contributed by atoms with van der Waals surface area (Å²) in [6.45, 7) is 2.56. The highest BCUT2D eigenvalue weighted by molar-refractivity contribution is 5.37. The molecule has 0 saturated heterocycles. The molecule has 0 aromatic carbocycles. The third-order valence-electron chi connectivity index (χ3n) is 2.19. The van der Waals surface area contributed by atoms with Gasteiger partial charge in [-0.2, -0.15) is 0 Å². The summed E-state index contributed by atoms with van der Waals surface area (Å²) in [4.78, 5) is 7.61. The van der Waals surface area contributed by atoms with Gasteiger partial charge in [-0.05, 0) is 19.9 Å². The summed E-state index contributed by atoms with van der Waals surface area (Å²) in [7, 11) is 1.59. The Balaban J connectivity index is 2.72. The van der Waals surface area contributed by atoms with E-state index in [4.69, 9.17) is 10.5 Å². The van der Waals surface area contributed by atoms with Crippen LogP contribution in [0.3, 0.4) is 0 Å². The zero-order valence-corrected chi connectivity index (χ0v) is 9.53. The number of nitrogens with two attached hydrogens (primary N) is 1. The van der Waals surface area contributed by atoms with Gasteiger partial charge >= 0.3 is 0 Å². The lowest BCUT2D eigenvalue weighted by atomic mass is 10.2. The number of halogens is 1. The molecule has 0 aliphatic carbocycles. The first-order valence-corrected chi connectivity index (χ1v) is 5.11. The van der Waals surface area contributed by atoms with Crippen LogP contribution in [0.1, 0.15) is 12.1 Å². The Bertz CT molecular complexity index is 329. The maximum absolute atomic E-state index is 13.6. The fraction of sp³-hybridized carbons (Fsp3) is 0.600. The van der Waals surface area contributed by atoms with Crippen molar-refractivity contribution >= 4 is 5.82 Å². The molecule has 1 aromatic rings. The summed E-state index contributed by atoms with van der Waals surface area (Å²) in [6.07, 6.45) is 2.02. The second-order valence-electron chi connectivity index (χ2n) is 3.50. The summed E-state index contributed by atoms with van der Waals surface area (Å²) >= 11 is 0. The van der Waals surface area contributed by atoms with Crippen molar-refractivity contribution in [1.82, 2.24) is 9.97 Å². The third kappa shape index (κ3) is 3.39. The summed E-state index contributed by atoms with van der Waals surface area (Å²) in [6, 6.07) is -0.0428. The van der Waals surface area contributed by atoms with Gasteiger partial charge in [0.1, 0.15) is 6.33 Å². The van der Waals surface area contributed by atoms with E-state index in [1.54, 1.807) is 14.0 Å². The first-order valence-electron chi connectivity index (χ1n) is 5.11. The molecular weight excluding hydrogens is 211 g/mol. The van der Waals surface area contributed by atoms with E-state index in [-0.39, 0.29) is 11.9 Å². The number of hydrogen-bond acceptors (Lipinski definition) is 5. The summed E-state index contributed by atoms with van der Waals surface area (Å²) in [5, 5.41) is 2.96. The number of aryl methyl sites for hydroxylation is 1. The number of aromatic nitrogens is 2. The van der Waals surface area contributed by atoms with Gasteiger partial charge in [0.25, 0.3) is 0 Å². The first kappa shape index (κ1) is 12.8. The second-order valence-corrected chi connectivity index (χ2v) is 3.50. The number of anilines is 1. The lowest BCUT2D eigenvalue weighted by Gasteiger charge is -2.18. The molecule has 0 amide bonds. The van der Waals surface area contributed by atoms with Crippen LogP contribution >= 0.6 is 0 Å². The smallest absolute Gasteiger partial charge is 0.186 e. The molecule has 3 N–H and O–H groups in total. The maximum Gasteiger partial charge on any atom is 0.186 e. The first-order chi connectivity index (χ1) is 7.69. The van der Waals surface area contributed by atoms with Gasteiger partial charge in [0, 0.05) is 7.11 Å². The van der Waals surface area contributed by atoms with Gasteiger partial charge in [-0.3, -0.25) is 0 Å². The molecule has 0 fully saturated rings. The number of nitrogens with one attached hydrogen (secondary N) is 1. The Kier molecular flexibility index (Phi) is 5.07. The Morgan fingerprint density at radius 3 is 2.94 bits per heavy atom. The quantitative estimate of drug-likeness (QED) is 0.749. The highest BCUT2D eigenvalue weighted by Crippen LogP contribution is 2.13. The molecule has 1 atom stereocenters. The average Bonchev–Trinajstić information content (AvgIpc) is 2.25. The van der Waals surface area contributed by atoms with Crippen molar-refractivity contribution in [3.8, 4) is 0 Å². The standard InChI is InChI=1S/C10H17FN4O/c1-7-9(11)10(14-6-13-7)15-8(3-4-12)5-16-2/h6,8H,3-5,12H2,1-2H3,(H,13,14,15). The van der Waals surface area contributed by atoms with Crippen molar-refractivity contribution in [2.24, 2.45) is 5.73 Å². The van der Waals surface area contributed by atoms with E-state index < -0.39 is 5.82 Å². The van der Waals surface area contributed by atoms with Gasteiger partial charge in [-0.15, -0.1) is 0 Å². The van der Waals surface area contributed by atoms with Crippen LogP contribution in [0.5, 0.6) is 0 Å². The van der Waals surface area contributed by atoms with Gasteiger partial charge < -0.3 is 15.8 Å². The van der Waals surface area contributed by atoms with E-state index in [0.29, 0.717) is 25.3 Å². The molecule has 0 saturated carbocycles. The molecule has 0 aliphatic heterocycles. The van der Waals surface area contributed by atoms with Crippen molar-refractivity contribution in [1.29, 1.82) is 0 Å². The van der Waals surface area contributed by atoms with Crippen LogP contribution in [-0.2, 0) is 4.74 Å². The number of methoxy groups -OCH3 is 1. The van der Waals surface area contributed by atoms with Gasteiger partial charge in [0.2, 0.25) is 0 Å². The lowest BCUT2D eigenvalue weighted by molar-refractivity contribution is 0.183. The SMILES string of the molecule is COCC(CCN)Nc1ncnc(C)c1F. The van der Waals surface area contributed by atoms with Crippen LogP contribution in [0.2, 0.25) is 0 Å². The second kappa shape index (κ2) is 6.34. The number of nitrogens with zero attached hydrogens (tertiary/aromatic N) is 2. The number of hydrogen-bond donors (Lipinski definition) is 2. The van der Waals surface area contributed by atoms with E-state index in [1.165, 1.54) is 6.33 Å². The van der Waals surface area contributed by atoms with Crippen molar-refractivity contribution in [2.75, 3.05) is 25.6 Å². The van der Waals surface area contributed by atoms with Gasteiger partial charge in [-0.1, -0.05) is 0 Å². The van der Waals surface area contributed by atoms with E-state index >= 15 is 0 Å². The minimum atomic E-state index is -0.430. The molecule has 0 spiro atoms. The Labute approximate surface area is 94.2 Å². The molecule has 0 radical (unpaired) electrons. The maximum atomic E-state index is 13.6. The van der Waals surface area contributed by atoms with Crippen molar-refractivity contribution in [3.05, 3.63) is 17.8 Å². The largest absolute Gasteiger partial charge is 0.383 e. The summed E-state index contributed by atoms with van der Waals surface area (Å²) in [5.41, 5.74) is 5.78. The van der Waals surface area contributed by atoms with E-state index in [9.17, 15) is 4.39 Å². The fourth-order valence-electron chi connectivity index (χ4n) is 1.35. The van der Waals surface area contributed by atoms with Crippen LogP contribution in [0, 0.1) is 12.7 Å². The summed E-state index contributed by atoms with van der Waals surface area (Å²) in [5.74, 6) is -0.233. The van der Waals surface area contributed by atoms with Gasteiger partial charge in [-0.25, -0.2) is 14.4 Å². The molecule has 6 heteroatoms. The molecule has 1 aromatic heterocycles. The molecule has 16 heavy (non-hydrogen) atoms. The highest BCUT2D eigenvalue weighted by atomic mass is 19.1. The third-order valence-corrected chi connectivity index (χ3v) is 2.19. The highest BCUT2D eigenvalue weighted by Gasteiger charge is 2.13. The van der Waals surface area contributed by atoms with E-state index in [0.717, 1.165) is 0 Å². The molecule has 1 heterocycles. The molecule has 5 nitrogen and oxygen atoms in total. The molecule has 90 valence electrons. The Hall–Kier alpha value is -1.27. The topological polar surface area (TPSA) is 73.1 Å². The van der Waals surface area contributed by atoms with Crippen LogP contribution < -0.4 is 11.1 Å². The minimum absolute atomic E-state index is 0.0428. The van der Waals surface area contributed by atoms with Crippen molar-refractivity contribution in [2.45, 2.75) is 19.4 Å². The fourth-order valence-corrected chi connectivity index (χ4v) is 1.35. The van der Waals surface area contributed by atoms with Crippen molar-refractivity contribution in [3.63, 3.8) is 0 Å². The lowest BCUT2D eigenvalue weighted by Crippen LogP contribution is -2.28. The number of rotatable bonds is 6. The summed E-state index contributed by atoms with van der Waals surface area (Å²) < 4.78 is 18.6. The van der Waals surface area contributed by atoms with E-state index in [2.05, 4.69) is 15.3 Å². The monoisotopic (exact) mass is 228 g/mol. The Morgan fingerprint density at radius 1 is 1.56 bits per heavy atom. The normalized spacial score (nSPS) is 12.5. The zero-order chi connectivity index (χ0) is 12.0. The molecule has 0 aliphatic rings. The molecule has 0 bridgehead atoms. The van der Waals surface area contributed by atoms with Crippen LogP contribution in [0.25, 0.3) is 0 Å². The molecular formula is C10H17FN4O. The predicted octanol–water partition coefficient (Wildman–Crippen LogP) is 0.700. The Morgan fingerprint density at radius 2 is 2.31 bits per heavy atom. The van der Waals surface area contributed by atoms with Crippen LogP contribution in [0.4, 0.5) is 10.2 Å². The van der Waals surface area contributed by atoms with Crippen LogP contribution in [0.15, 0.2) is 6.33 Å². The minimum Gasteiger partial charge on any atom is -0.383 e. The van der Waals surface area contributed by atoms with E-state index in [1.807, 2.05) is 0 Å². The molecule has 1 unspecified atom stereocenters. The number of ether oxygens (including phenoxy) is 1. The van der Waals surface area contributed by atoms with Crippen molar-refractivity contribution < 1.29 is 9.13 Å². The predicted molar refractivity (Wildman–Crippen MR) is 59.7 cm³/mol. The van der Waals surface area contributed by atoms with Crippen LogP contribution in [-0.4, -0.2) is 36.3 Å². The molecule has 1 rings (SSSR count). The van der Waals surface area contributed by atoms with Gasteiger partial charge in [0.05, 0.1) is 18.3 Å². The zero-order valence-electron chi connectivity index (χ0n) is 9.53.